The van der Waals surface area contributed by atoms with E-state index in [2.05, 4.69) is 9.55 Å². The molecule has 2 aromatic rings. The number of imidazole rings is 1. The third-order valence-corrected chi connectivity index (χ3v) is 4.10. The van der Waals surface area contributed by atoms with Gasteiger partial charge in [0.1, 0.15) is 5.82 Å². The van der Waals surface area contributed by atoms with Crippen LogP contribution in [0.4, 0.5) is 4.39 Å². The number of benzene rings is 1. The molecule has 2 heterocycles. The van der Waals surface area contributed by atoms with E-state index in [9.17, 15) is 4.39 Å². The number of halogens is 2. The van der Waals surface area contributed by atoms with Gasteiger partial charge in [0.05, 0.1) is 0 Å². The molecule has 0 amide bonds. The molecule has 2 nitrogen and oxygen atoms in total. The summed E-state index contributed by atoms with van der Waals surface area (Å²) >= 11 is 11.2. The smallest absolute Gasteiger partial charge is 0.177 e. The molecule has 0 fully saturated rings. The summed E-state index contributed by atoms with van der Waals surface area (Å²) in [5.41, 5.74) is 2.93. The van der Waals surface area contributed by atoms with Gasteiger partial charge >= 0.3 is 0 Å². The minimum atomic E-state index is -0.192. The summed E-state index contributed by atoms with van der Waals surface area (Å²) in [5.74, 6) is -0.0728. The second kappa shape index (κ2) is 4.21. The predicted molar refractivity (Wildman–Crippen MR) is 72.2 cm³/mol. The molecule has 0 saturated heterocycles. The molecule has 1 N–H and O–H groups in total. The van der Waals surface area contributed by atoms with Crippen LogP contribution in [0.1, 0.15) is 22.9 Å². The zero-order valence-corrected chi connectivity index (χ0v) is 11.4. The number of hydrogen-bond acceptors (Lipinski definition) is 1. The highest BCUT2D eigenvalue weighted by molar-refractivity contribution is 7.71. The fraction of sp³-hybridized carbons (Fsp3) is 0.308. The molecule has 18 heavy (non-hydrogen) atoms. The molecule has 0 radical (unpaired) electrons. The summed E-state index contributed by atoms with van der Waals surface area (Å²) in [5, 5.41) is 0.574. The number of aryl methyl sites for hydroxylation is 1. The standard InChI is InChI=1S/C13H12ClFN2S/c1-7-12-4-8(6-17(12)13(18)16-7)10-5-9(14)2-3-11(10)15/h2-3,5,8H,4,6H2,1H3,(H,16,18)/t8-/m0/s1. The van der Waals surface area contributed by atoms with E-state index in [0.29, 0.717) is 15.4 Å². The lowest BCUT2D eigenvalue weighted by atomic mass is 9.96. The molecule has 0 aliphatic carbocycles. The number of nitrogens with zero attached hydrogens (tertiary/aromatic N) is 1. The summed E-state index contributed by atoms with van der Waals surface area (Å²) in [6.45, 7) is 2.72. The first-order valence-electron chi connectivity index (χ1n) is 5.79. The van der Waals surface area contributed by atoms with Crippen molar-refractivity contribution in [3.8, 4) is 0 Å². The van der Waals surface area contributed by atoms with Crippen molar-refractivity contribution >= 4 is 23.8 Å². The summed E-state index contributed by atoms with van der Waals surface area (Å²) in [4.78, 5) is 3.13. The van der Waals surface area contributed by atoms with Gasteiger partial charge in [-0.1, -0.05) is 11.6 Å². The molecule has 0 spiro atoms. The maximum Gasteiger partial charge on any atom is 0.177 e. The molecule has 1 atom stereocenters. The maximum atomic E-state index is 13.9. The molecule has 1 aromatic carbocycles. The first-order chi connectivity index (χ1) is 8.56. The van der Waals surface area contributed by atoms with Crippen LogP contribution < -0.4 is 0 Å². The Morgan fingerprint density at radius 2 is 2.28 bits per heavy atom. The molecule has 0 bridgehead atoms. The Morgan fingerprint density at radius 1 is 1.50 bits per heavy atom. The van der Waals surface area contributed by atoms with E-state index in [1.807, 2.05) is 6.92 Å². The Bertz CT molecular complexity index is 674. The lowest BCUT2D eigenvalue weighted by Crippen LogP contribution is -2.04. The monoisotopic (exact) mass is 282 g/mol. The average Bonchev–Trinajstić information content (AvgIpc) is 2.86. The van der Waals surface area contributed by atoms with Crippen LogP contribution >= 0.6 is 23.8 Å². The van der Waals surface area contributed by atoms with E-state index >= 15 is 0 Å². The second-order valence-electron chi connectivity index (χ2n) is 4.68. The highest BCUT2D eigenvalue weighted by atomic mass is 35.5. The van der Waals surface area contributed by atoms with Crippen LogP contribution in [-0.2, 0) is 13.0 Å². The van der Waals surface area contributed by atoms with Crippen LogP contribution in [0.2, 0.25) is 5.02 Å². The number of hydrogen-bond donors (Lipinski definition) is 1. The van der Waals surface area contributed by atoms with Gasteiger partial charge in [-0.3, -0.25) is 0 Å². The van der Waals surface area contributed by atoms with Gasteiger partial charge in [0, 0.05) is 28.9 Å². The maximum absolute atomic E-state index is 13.9. The van der Waals surface area contributed by atoms with Gasteiger partial charge < -0.3 is 9.55 Å². The third kappa shape index (κ3) is 1.80. The van der Waals surface area contributed by atoms with Crippen LogP contribution in [0.5, 0.6) is 0 Å². The molecule has 1 aliphatic rings. The van der Waals surface area contributed by atoms with Crippen molar-refractivity contribution in [2.75, 3.05) is 0 Å². The van der Waals surface area contributed by atoms with Crippen LogP contribution in [0.3, 0.4) is 0 Å². The molecule has 0 saturated carbocycles. The summed E-state index contributed by atoms with van der Waals surface area (Å²) in [6, 6.07) is 4.72. The fourth-order valence-electron chi connectivity index (χ4n) is 2.64. The Hall–Kier alpha value is -1.13. The van der Waals surface area contributed by atoms with Gasteiger partial charge in [0.2, 0.25) is 0 Å². The van der Waals surface area contributed by atoms with Crippen molar-refractivity contribution < 1.29 is 4.39 Å². The average molecular weight is 283 g/mol. The van der Waals surface area contributed by atoms with Crippen LogP contribution in [-0.4, -0.2) is 9.55 Å². The van der Waals surface area contributed by atoms with Gasteiger partial charge in [-0.25, -0.2) is 4.39 Å². The summed E-state index contributed by atoms with van der Waals surface area (Å²) in [7, 11) is 0. The molecular weight excluding hydrogens is 271 g/mol. The fourth-order valence-corrected chi connectivity index (χ4v) is 3.15. The zero-order valence-electron chi connectivity index (χ0n) is 9.84. The Kier molecular flexibility index (Phi) is 2.79. The zero-order chi connectivity index (χ0) is 12.9. The minimum Gasteiger partial charge on any atom is -0.335 e. The van der Waals surface area contributed by atoms with Gasteiger partial charge in [-0.15, -0.1) is 0 Å². The number of fused-ring (bicyclic) bond motifs is 1. The van der Waals surface area contributed by atoms with Crippen LogP contribution in [0.25, 0.3) is 0 Å². The first kappa shape index (κ1) is 11.9. The topological polar surface area (TPSA) is 20.7 Å². The van der Waals surface area contributed by atoms with Crippen molar-refractivity contribution in [1.29, 1.82) is 0 Å². The summed E-state index contributed by atoms with van der Waals surface area (Å²) in [6.07, 6.45) is 0.802. The molecule has 5 heteroatoms. The van der Waals surface area contributed by atoms with Crippen molar-refractivity contribution in [3.05, 3.63) is 50.8 Å². The molecule has 94 valence electrons. The lowest BCUT2D eigenvalue weighted by molar-refractivity contribution is 0.563. The first-order valence-corrected chi connectivity index (χ1v) is 6.58. The second-order valence-corrected chi connectivity index (χ2v) is 5.50. The van der Waals surface area contributed by atoms with E-state index in [1.165, 1.54) is 11.8 Å². The summed E-state index contributed by atoms with van der Waals surface area (Å²) < 4.78 is 16.6. The molecule has 1 aliphatic heterocycles. The van der Waals surface area contributed by atoms with E-state index < -0.39 is 0 Å². The molecular formula is C13H12ClFN2S. The Balaban J connectivity index is 2.01. The largest absolute Gasteiger partial charge is 0.335 e. The number of H-pyrrole nitrogens is 1. The van der Waals surface area contributed by atoms with E-state index in [4.69, 9.17) is 23.8 Å². The van der Waals surface area contributed by atoms with E-state index in [-0.39, 0.29) is 11.7 Å². The van der Waals surface area contributed by atoms with Crippen LogP contribution in [0.15, 0.2) is 18.2 Å². The minimum absolute atomic E-state index is 0.119. The Labute approximate surface area is 114 Å². The highest BCUT2D eigenvalue weighted by Gasteiger charge is 2.27. The van der Waals surface area contributed by atoms with Crippen molar-refractivity contribution in [3.63, 3.8) is 0 Å². The molecule has 0 unspecified atom stereocenters. The van der Waals surface area contributed by atoms with Crippen molar-refractivity contribution in [2.24, 2.45) is 0 Å². The van der Waals surface area contributed by atoms with Crippen molar-refractivity contribution in [1.82, 2.24) is 9.55 Å². The molecule has 3 rings (SSSR count). The van der Waals surface area contributed by atoms with Gasteiger partial charge in [-0.2, -0.15) is 0 Å². The predicted octanol–water partition coefficient (Wildman–Crippen LogP) is 3.99. The number of aromatic nitrogens is 2. The normalized spacial score (nSPS) is 18.1. The number of nitrogens with one attached hydrogen (secondary N) is 1. The number of rotatable bonds is 1. The molecule has 1 aromatic heterocycles. The van der Waals surface area contributed by atoms with Crippen LogP contribution in [0, 0.1) is 17.5 Å². The van der Waals surface area contributed by atoms with Gasteiger partial charge in [-0.05, 0) is 49.3 Å². The van der Waals surface area contributed by atoms with E-state index in [1.54, 1.807) is 12.1 Å². The number of aromatic amines is 1. The van der Waals surface area contributed by atoms with Crippen molar-refractivity contribution in [2.45, 2.75) is 25.8 Å². The highest BCUT2D eigenvalue weighted by Crippen LogP contribution is 2.33. The van der Waals surface area contributed by atoms with E-state index in [0.717, 1.165) is 18.7 Å². The lowest BCUT2D eigenvalue weighted by Gasteiger charge is -2.11. The van der Waals surface area contributed by atoms with Gasteiger partial charge in [0.15, 0.2) is 4.77 Å². The SMILES string of the molecule is Cc1[nH]c(=S)n2c1C[C@H](c1cc(Cl)ccc1F)C2. The van der Waals surface area contributed by atoms with Gasteiger partial charge in [0.25, 0.3) is 0 Å². The quantitative estimate of drug-likeness (QED) is 0.785. The third-order valence-electron chi connectivity index (χ3n) is 3.54. The Morgan fingerprint density at radius 3 is 3.00 bits per heavy atom.